The van der Waals surface area contributed by atoms with Crippen molar-refractivity contribution in [2.24, 2.45) is 0 Å². The summed E-state index contributed by atoms with van der Waals surface area (Å²) in [4.78, 5) is 12.7. The molecule has 26 heavy (non-hydrogen) atoms. The number of carbonyl (C=O) groups excluding carboxylic acids is 1. The predicted octanol–water partition coefficient (Wildman–Crippen LogP) is 4.03. The van der Waals surface area contributed by atoms with Crippen LogP contribution in [-0.2, 0) is 6.54 Å². The van der Waals surface area contributed by atoms with Crippen molar-refractivity contribution < 1.29 is 9.18 Å². The van der Waals surface area contributed by atoms with Gasteiger partial charge in [-0.1, -0.05) is 56.3 Å². The second-order valence-electron chi connectivity index (χ2n) is 6.90. The number of halogens is 1. The first-order chi connectivity index (χ1) is 12.5. The normalized spacial score (nSPS) is 16.0. The zero-order valence-electron chi connectivity index (χ0n) is 14.7. The van der Waals surface area contributed by atoms with Crippen LogP contribution in [0.25, 0.3) is 0 Å². The molecule has 132 valence electrons. The highest BCUT2D eigenvalue weighted by Crippen LogP contribution is 2.36. The Morgan fingerprint density at radius 3 is 2.46 bits per heavy atom. The molecule has 0 radical (unpaired) electrons. The highest BCUT2D eigenvalue weighted by Gasteiger charge is 2.37. The van der Waals surface area contributed by atoms with Crippen molar-refractivity contribution in [1.82, 2.24) is 15.1 Å². The monoisotopic (exact) mass is 349 g/mol. The van der Waals surface area contributed by atoms with Crippen LogP contribution in [0.15, 0.2) is 54.6 Å². The minimum absolute atomic E-state index is 0.135. The topological polar surface area (TPSA) is 46.9 Å². The van der Waals surface area contributed by atoms with Crippen LogP contribution in [0.4, 0.5) is 4.39 Å². The lowest BCUT2D eigenvalue weighted by molar-refractivity contribution is 0.0950. The van der Waals surface area contributed by atoms with Crippen molar-refractivity contribution in [2.75, 3.05) is 0 Å². The number of benzene rings is 2. The van der Waals surface area contributed by atoms with Crippen LogP contribution in [0, 0.1) is 5.82 Å². The van der Waals surface area contributed by atoms with Crippen LogP contribution in [0.1, 0.15) is 58.7 Å². The van der Waals surface area contributed by atoms with Gasteiger partial charge in [-0.3, -0.25) is 9.48 Å². The molecule has 5 heteroatoms. The lowest BCUT2D eigenvalue weighted by atomic mass is 9.95. The van der Waals surface area contributed by atoms with E-state index in [4.69, 9.17) is 5.10 Å². The molecule has 1 atom stereocenters. The first-order valence-electron chi connectivity index (χ1n) is 8.75. The highest BCUT2D eigenvalue weighted by atomic mass is 19.1. The van der Waals surface area contributed by atoms with Gasteiger partial charge in [0.05, 0.1) is 18.3 Å². The van der Waals surface area contributed by atoms with Gasteiger partial charge in [0.1, 0.15) is 11.5 Å². The van der Waals surface area contributed by atoms with E-state index in [2.05, 4.69) is 19.2 Å². The van der Waals surface area contributed by atoms with Crippen molar-refractivity contribution in [3.63, 3.8) is 0 Å². The molecule has 0 saturated carbocycles. The van der Waals surface area contributed by atoms with Gasteiger partial charge in [-0.25, -0.2) is 4.39 Å². The minimum Gasteiger partial charge on any atom is -0.340 e. The number of carbonyl (C=O) groups is 1. The van der Waals surface area contributed by atoms with E-state index in [1.54, 1.807) is 16.8 Å². The third-order valence-corrected chi connectivity index (χ3v) is 4.72. The van der Waals surface area contributed by atoms with E-state index in [1.165, 1.54) is 12.1 Å². The van der Waals surface area contributed by atoms with Gasteiger partial charge in [0.25, 0.3) is 5.91 Å². The Bertz CT molecular complexity index is 945. The molecule has 1 aliphatic heterocycles. The van der Waals surface area contributed by atoms with E-state index in [9.17, 15) is 9.18 Å². The second kappa shape index (κ2) is 6.41. The molecular weight excluding hydrogens is 329 g/mol. The number of nitrogens with one attached hydrogen (secondary N) is 1. The fourth-order valence-electron chi connectivity index (χ4n) is 3.49. The first kappa shape index (κ1) is 16.5. The molecule has 0 bridgehead atoms. The van der Waals surface area contributed by atoms with Crippen LogP contribution >= 0.6 is 0 Å². The SMILES string of the molecule is CC(C)c1nn(Cc2ccccc2)c2c1C(c1ccc(F)cc1)NC2=O. The zero-order chi connectivity index (χ0) is 18.3. The molecular formula is C21H20FN3O. The summed E-state index contributed by atoms with van der Waals surface area (Å²) in [5, 5.41) is 7.79. The van der Waals surface area contributed by atoms with Crippen molar-refractivity contribution in [3.05, 3.63) is 88.5 Å². The second-order valence-corrected chi connectivity index (χ2v) is 6.90. The van der Waals surface area contributed by atoms with E-state index >= 15 is 0 Å². The minimum atomic E-state index is -0.292. The Kier molecular flexibility index (Phi) is 4.07. The van der Waals surface area contributed by atoms with Crippen molar-refractivity contribution in [2.45, 2.75) is 32.4 Å². The summed E-state index contributed by atoms with van der Waals surface area (Å²) in [7, 11) is 0. The molecule has 0 spiro atoms. The summed E-state index contributed by atoms with van der Waals surface area (Å²) in [6.45, 7) is 4.68. The van der Waals surface area contributed by atoms with E-state index in [0.717, 1.165) is 22.4 Å². The highest BCUT2D eigenvalue weighted by molar-refractivity contribution is 5.98. The van der Waals surface area contributed by atoms with E-state index in [1.807, 2.05) is 30.3 Å². The Balaban J connectivity index is 1.81. The van der Waals surface area contributed by atoms with Gasteiger partial charge in [-0.15, -0.1) is 0 Å². The summed E-state index contributed by atoms with van der Waals surface area (Å²) < 4.78 is 15.1. The summed E-state index contributed by atoms with van der Waals surface area (Å²) in [6.07, 6.45) is 0. The zero-order valence-corrected chi connectivity index (χ0v) is 14.7. The number of hydrogen-bond acceptors (Lipinski definition) is 2. The number of amides is 1. The molecule has 2 heterocycles. The third kappa shape index (κ3) is 2.79. The molecule has 0 fully saturated rings. The standard InChI is InChI=1S/C21H20FN3O/c1-13(2)18-17-19(15-8-10-16(22)11-9-15)23-21(26)20(17)25(24-18)12-14-6-4-3-5-7-14/h3-11,13,19H,12H2,1-2H3,(H,23,26). The Hall–Kier alpha value is -2.95. The molecule has 3 aromatic rings. The Morgan fingerprint density at radius 2 is 1.81 bits per heavy atom. The fraction of sp³-hybridized carbons (Fsp3) is 0.238. The van der Waals surface area contributed by atoms with Crippen LogP contribution in [0.5, 0.6) is 0 Å². The number of hydrogen-bond donors (Lipinski definition) is 1. The molecule has 1 aromatic heterocycles. The van der Waals surface area contributed by atoms with Gasteiger partial charge in [-0.05, 0) is 29.2 Å². The first-order valence-corrected chi connectivity index (χ1v) is 8.75. The molecule has 1 amide bonds. The fourth-order valence-corrected chi connectivity index (χ4v) is 3.49. The van der Waals surface area contributed by atoms with Crippen molar-refractivity contribution in [1.29, 1.82) is 0 Å². The molecule has 4 rings (SSSR count). The largest absolute Gasteiger partial charge is 0.340 e. The lowest BCUT2D eigenvalue weighted by Gasteiger charge is -2.14. The van der Waals surface area contributed by atoms with Gasteiger partial charge in [0, 0.05) is 5.56 Å². The summed E-state index contributed by atoms with van der Waals surface area (Å²) >= 11 is 0. The number of rotatable bonds is 4. The van der Waals surface area contributed by atoms with Gasteiger partial charge < -0.3 is 5.32 Å². The molecule has 1 N–H and O–H groups in total. The van der Waals surface area contributed by atoms with Crippen LogP contribution < -0.4 is 5.32 Å². The average Bonchev–Trinajstić information content (AvgIpc) is 3.16. The Morgan fingerprint density at radius 1 is 1.12 bits per heavy atom. The van der Waals surface area contributed by atoms with E-state index < -0.39 is 0 Å². The van der Waals surface area contributed by atoms with Crippen molar-refractivity contribution >= 4 is 5.91 Å². The van der Waals surface area contributed by atoms with Crippen LogP contribution in [0.3, 0.4) is 0 Å². The summed E-state index contributed by atoms with van der Waals surface area (Å²) in [5.74, 6) is -0.247. The van der Waals surface area contributed by atoms with E-state index in [0.29, 0.717) is 12.2 Å². The lowest BCUT2D eigenvalue weighted by Crippen LogP contribution is -2.23. The maximum Gasteiger partial charge on any atom is 0.270 e. The number of fused-ring (bicyclic) bond motifs is 1. The number of nitrogens with zero attached hydrogens (tertiary/aromatic N) is 2. The third-order valence-electron chi connectivity index (χ3n) is 4.72. The molecule has 0 aliphatic carbocycles. The smallest absolute Gasteiger partial charge is 0.270 e. The number of aromatic nitrogens is 2. The average molecular weight is 349 g/mol. The Labute approximate surface area is 151 Å². The maximum atomic E-state index is 13.3. The molecule has 2 aromatic carbocycles. The summed E-state index contributed by atoms with van der Waals surface area (Å²) in [5.41, 5.74) is 4.37. The summed E-state index contributed by atoms with van der Waals surface area (Å²) in [6, 6.07) is 15.9. The molecule has 1 unspecified atom stereocenters. The van der Waals surface area contributed by atoms with Gasteiger partial charge in [-0.2, -0.15) is 5.10 Å². The van der Waals surface area contributed by atoms with Gasteiger partial charge in [0.15, 0.2) is 0 Å². The van der Waals surface area contributed by atoms with Crippen LogP contribution in [-0.4, -0.2) is 15.7 Å². The maximum absolute atomic E-state index is 13.3. The van der Waals surface area contributed by atoms with Gasteiger partial charge in [0.2, 0.25) is 0 Å². The van der Waals surface area contributed by atoms with E-state index in [-0.39, 0.29) is 23.7 Å². The molecule has 4 nitrogen and oxygen atoms in total. The quantitative estimate of drug-likeness (QED) is 0.773. The molecule has 0 saturated heterocycles. The van der Waals surface area contributed by atoms with Crippen LogP contribution in [0.2, 0.25) is 0 Å². The van der Waals surface area contributed by atoms with Gasteiger partial charge >= 0.3 is 0 Å². The predicted molar refractivity (Wildman–Crippen MR) is 97.6 cm³/mol. The molecule has 1 aliphatic rings. The van der Waals surface area contributed by atoms with Crippen molar-refractivity contribution in [3.8, 4) is 0 Å².